The topological polar surface area (TPSA) is 271 Å². The van der Waals surface area contributed by atoms with Gasteiger partial charge in [0.2, 0.25) is 5.91 Å². The van der Waals surface area contributed by atoms with Crippen LogP contribution in [0.2, 0.25) is 0 Å². The second-order valence-corrected chi connectivity index (χ2v) is 9.42. The van der Waals surface area contributed by atoms with Crippen LogP contribution in [0.3, 0.4) is 0 Å². The zero-order valence-corrected chi connectivity index (χ0v) is 22.5. The van der Waals surface area contributed by atoms with E-state index in [9.17, 15) is 38.0 Å². The molecule has 228 valence electrons. The Balaban J connectivity index is 1.38. The molecule has 0 spiro atoms. The first-order valence-electron chi connectivity index (χ1n) is 12.6. The highest BCUT2D eigenvalue weighted by molar-refractivity contribution is 6.00. The summed E-state index contributed by atoms with van der Waals surface area (Å²) in [5.74, 6) is -6.52. The number of rotatable bonds is 10. The Hall–Kier alpha value is -6.72. The Morgan fingerprint density at radius 2 is 1.71 bits per heavy atom. The van der Waals surface area contributed by atoms with Crippen molar-refractivity contribution in [2.24, 2.45) is 5.73 Å². The minimum atomic E-state index is -1.43. The number of hydrogen-bond acceptors (Lipinski definition) is 12. The number of halogens is 1. The molecule has 0 aliphatic rings. The number of carbonyl (C=O) groups is 4. The van der Waals surface area contributed by atoms with Crippen LogP contribution < -0.4 is 44.0 Å². The lowest BCUT2D eigenvalue weighted by Crippen LogP contribution is -2.38. The first kappa shape index (κ1) is 29.8. The van der Waals surface area contributed by atoms with E-state index in [1.807, 2.05) is 0 Å². The summed E-state index contributed by atoms with van der Waals surface area (Å²) in [6.07, 6.45) is 0. The van der Waals surface area contributed by atoms with Crippen molar-refractivity contribution in [1.82, 2.24) is 25.2 Å². The number of aromatic nitrogens is 3. The van der Waals surface area contributed by atoms with Gasteiger partial charge >= 0.3 is 11.7 Å². The molecule has 0 unspecified atom stereocenters. The predicted molar refractivity (Wildman–Crippen MR) is 151 cm³/mol. The van der Waals surface area contributed by atoms with Gasteiger partial charge < -0.3 is 32.5 Å². The lowest BCUT2D eigenvalue weighted by atomic mass is 10.0. The van der Waals surface area contributed by atoms with Gasteiger partial charge in [-0.2, -0.15) is 0 Å². The summed E-state index contributed by atoms with van der Waals surface area (Å²) in [5.41, 5.74) is 7.74. The number of nitrogens with two attached hydrogens (primary N) is 2. The Morgan fingerprint density at radius 1 is 1.00 bits per heavy atom. The molecule has 0 fully saturated rings. The third kappa shape index (κ3) is 5.69. The second kappa shape index (κ2) is 11.5. The maximum Gasteiger partial charge on any atom is 0.448 e. The number of anilines is 3. The zero-order valence-electron chi connectivity index (χ0n) is 22.5. The smallest absolute Gasteiger partial charge is 0.448 e. The van der Waals surface area contributed by atoms with Crippen molar-refractivity contribution in [3.05, 3.63) is 113 Å². The summed E-state index contributed by atoms with van der Waals surface area (Å²) < 4.78 is 19.6. The Morgan fingerprint density at radius 3 is 2.36 bits per heavy atom. The van der Waals surface area contributed by atoms with Crippen molar-refractivity contribution in [2.75, 3.05) is 11.1 Å². The van der Waals surface area contributed by atoms with Crippen molar-refractivity contribution in [1.29, 1.82) is 0 Å². The maximum atomic E-state index is 14.3. The number of fused-ring (bicyclic) bond motifs is 1. The van der Waals surface area contributed by atoms with E-state index in [-0.39, 0.29) is 34.7 Å². The average molecular weight is 618 g/mol. The number of carboxylic acids is 1. The fraction of sp³-hybridized carbons (Fsp3) is 0.0741. The van der Waals surface area contributed by atoms with E-state index >= 15 is 0 Å². The predicted octanol–water partition coefficient (Wildman–Crippen LogP) is -0.672. The lowest BCUT2D eigenvalue weighted by Gasteiger charge is -2.16. The van der Waals surface area contributed by atoms with Gasteiger partial charge in [-0.3, -0.25) is 28.5 Å². The molecular weight excluding hydrogens is 599 g/mol. The summed E-state index contributed by atoms with van der Waals surface area (Å²) in [5, 5.41) is 19.8. The van der Waals surface area contributed by atoms with Gasteiger partial charge in [0.15, 0.2) is 0 Å². The van der Waals surface area contributed by atoms with Gasteiger partial charge in [0.05, 0.1) is 11.3 Å². The molecule has 8 N–H and O–H groups in total. The van der Waals surface area contributed by atoms with Crippen LogP contribution in [0.15, 0.2) is 67.4 Å². The summed E-state index contributed by atoms with van der Waals surface area (Å²) in [4.78, 5) is 88.8. The van der Waals surface area contributed by atoms with Crippen LogP contribution in [0.4, 0.5) is 21.5 Å². The van der Waals surface area contributed by atoms with Gasteiger partial charge in [0.25, 0.3) is 28.4 Å². The maximum absolute atomic E-state index is 14.3. The molecule has 45 heavy (non-hydrogen) atoms. The third-order valence-electron chi connectivity index (χ3n) is 6.53. The minimum absolute atomic E-state index is 0.0762. The van der Waals surface area contributed by atoms with E-state index in [1.165, 1.54) is 36.4 Å². The van der Waals surface area contributed by atoms with Crippen LogP contribution in [-0.2, 0) is 11.3 Å². The van der Waals surface area contributed by atoms with Crippen LogP contribution in [0, 0.1) is 5.82 Å². The van der Waals surface area contributed by atoms with Crippen LogP contribution in [0.5, 0.6) is 0 Å². The van der Waals surface area contributed by atoms with Gasteiger partial charge in [-0.05, 0) is 46.6 Å². The quantitative estimate of drug-likeness (QED) is 0.106. The molecule has 18 heteroatoms. The fourth-order valence-electron chi connectivity index (χ4n) is 4.20. The number of aromatic carboxylic acids is 1. The number of carboxylic acid groups (broad SMARTS) is 1. The number of carbonyl (C=O) groups excluding carboxylic acids is 3. The number of nitrogen functional groups attached to an aromatic ring is 1. The van der Waals surface area contributed by atoms with E-state index in [4.69, 9.17) is 16.6 Å². The average Bonchev–Trinajstić information content (AvgIpc) is 3.41. The van der Waals surface area contributed by atoms with Crippen molar-refractivity contribution >= 4 is 46.5 Å². The van der Waals surface area contributed by atoms with Gasteiger partial charge in [-0.25, -0.2) is 23.4 Å². The molecule has 5 aromatic rings. The third-order valence-corrected chi connectivity index (χ3v) is 6.53. The summed E-state index contributed by atoms with van der Waals surface area (Å²) in [6, 6.07) is 8.04. The van der Waals surface area contributed by atoms with Crippen molar-refractivity contribution in [3.63, 3.8) is 0 Å². The van der Waals surface area contributed by atoms with Crippen LogP contribution in [-0.4, -0.2) is 43.3 Å². The van der Waals surface area contributed by atoms with Crippen molar-refractivity contribution in [2.45, 2.75) is 12.6 Å². The van der Waals surface area contributed by atoms with Crippen LogP contribution >= 0.6 is 0 Å². The SMILES string of the molecule is NC(=O)[C@H](NC(=O)c1cc(C(=O)NCc2ccc(F)c(Nc3c(N)c(=O)c3=O)c2)n2c(=O)onc2n1)c1ccc(C(=O)O)cc1. The number of nitrogens with zero attached hydrogens (tertiary/aromatic N) is 3. The number of primary amides is 1. The highest BCUT2D eigenvalue weighted by Gasteiger charge is 2.25. The molecule has 0 bridgehead atoms. The van der Waals surface area contributed by atoms with E-state index in [0.29, 0.717) is 9.96 Å². The molecule has 2 heterocycles. The first-order chi connectivity index (χ1) is 21.3. The summed E-state index contributed by atoms with van der Waals surface area (Å²) in [7, 11) is 0. The Bertz CT molecular complexity index is 2160. The van der Waals surface area contributed by atoms with E-state index < -0.39 is 69.3 Å². The van der Waals surface area contributed by atoms with Crippen molar-refractivity contribution in [3.8, 4) is 0 Å². The summed E-state index contributed by atoms with van der Waals surface area (Å²) >= 11 is 0. The molecule has 17 nitrogen and oxygen atoms in total. The second-order valence-electron chi connectivity index (χ2n) is 9.42. The highest BCUT2D eigenvalue weighted by atomic mass is 19.1. The normalized spacial score (nSPS) is 11.7. The lowest BCUT2D eigenvalue weighted by molar-refractivity contribution is -0.120. The molecule has 5 rings (SSSR count). The summed E-state index contributed by atoms with van der Waals surface area (Å²) in [6.45, 7) is -0.253. The van der Waals surface area contributed by atoms with Crippen molar-refractivity contribution < 1.29 is 33.2 Å². The first-order valence-corrected chi connectivity index (χ1v) is 12.6. The van der Waals surface area contributed by atoms with Gasteiger partial charge in [-0.15, -0.1) is 0 Å². The van der Waals surface area contributed by atoms with Gasteiger partial charge in [0, 0.05) is 6.54 Å². The molecule has 0 radical (unpaired) electrons. The van der Waals surface area contributed by atoms with E-state index in [1.54, 1.807) is 0 Å². The molecule has 0 aliphatic carbocycles. The fourth-order valence-corrected chi connectivity index (χ4v) is 4.20. The number of hydrogen-bond donors (Lipinski definition) is 6. The van der Waals surface area contributed by atoms with Crippen LogP contribution in [0.25, 0.3) is 5.78 Å². The van der Waals surface area contributed by atoms with Gasteiger partial charge in [0.1, 0.15) is 34.6 Å². The number of nitrogens with one attached hydrogen (secondary N) is 3. The molecule has 2 aromatic heterocycles. The molecular formula is C27H19FN8O9. The number of amides is 3. The monoisotopic (exact) mass is 618 g/mol. The molecule has 3 aromatic carbocycles. The number of benzene rings is 2. The standard InChI is InChI=1S/C27H19FN8O9/c28-13-6-1-10(7-14(13)32-19-17(29)20(37)21(19)38)9-31-24(41)16-8-15(33-26-35-45-27(44)36(16)26)23(40)34-18(22(30)39)11-2-4-12(5-3-11)25(42)43/h1-8,18,32H,9,29H2,(H2,30,39)(H,31,41)(H,34,40)(H,42,43)/t18-/m1/s1. The molecule has 3 amide bonds. The van der Waals surface area contributed by atoms with E-state index in [2.05, 4.69) is 30.6 Å². The zero-order chi connectivity index (χ0) is 32.6. The Labute approximate surface area is 248 Å². The van der Waals surface area contributed by atoms with E-state index in [0.717, 1.165) is 12.1 Å². The Kier molecular flexibility index (Phi) is 7.62. The molecule has 0 saturated carbocycles. The molecule has 0 aliphatic heterocycles. The van der Waals surface area contributed by atoms with Gasteiger partial charge in [-0.1, -0.05) is 18.2 Å². The molecule has 1 atom stereocenters. The molecule has 0 saturated heterocycles. The highest BCUT2D eigenvalue weighted by Crippen LogP contribution is 2.23. The minimum Gasteiger partial charge on any atom is -0.478 e. The van der Waals surface area contributed by atoms with Crippen LogP contribution in [0.1, 0.15) is 48.5 Å². The largest absolute Gasteiger partial charge is 0.478 e.